The molecular weight excluding hydrogens is 318 g/mol. The number of benzene rings is 1. The van der Waals surface area contributed by atoms with Gasteiger partial charge in [0.25, 0.3) is 0 Å². The van der Waals surface area contributed by atoms with Crippen molar-refractivity contribution in [3.8, 4) is 0 Å². The Kier molecular flexibility index (Phi) is 4.16. The van der Waals surface area contributed by atoms with Crippen LogP contribution in [0.15, 0.2) is 35.9 Å². The molecule has 0 atom stereocenters. The van der Waals surface area contributed by atoms with E-state index in [1.54, 1.807) is 13.8 Å². The van der Waals surface area contributed by atoms with Crippen molar-refractivity contribution < 1.29 is 26.3 Å². The van der Waals surface area contributed by atoms with Crippen LogP contribution in [0.3, 0.4) is 0 Å². The molecule has 126 valence electrons. The molecule has 0 N–H and O–H groups in total. The van der Waals surface area contributed by atoms with Crippen molar-refractivity contribution in [1.82, 2.24) is 0 Å². The molecule has 1 aromatic rings. The zero-order valence-corrected chi connectivity index (χ0v) is 12.9. The predicted octanol–water partition coefficient (Wildman–Crippen LogP) is 6.32. The van der Waals surface area contributed by atoms with Crippen LogP contribution in [0.1, 0.15) is 37.0 Å². The van der Waals surface area contributed by atoms with Crippen molar-refractivity contribution in [3.63, 3.8) is 0 Å². The Balaban J connectivity index is 2.73. The van der Waals surface area contributed by atoms with Gasteiger partial charge in [0.1, 0.15) is 0 Å². The molecule has 1 aromatic carbocycles. The summed E-state index contributed by atoms with van der Waals surface area (Å²) in [5, 5.41) is 0. The molecule has 0 nitrogen and oxygen atoms in total. The Morgan fingerprint density at radius 2 is 1.57 bits per heavy atom. The Bertz CT molecular complexity index is 671. The van der Waals surface area contributed by atoms with Crippen LogP contribution in [0, 0.1) is 12.3 Å². The number of halogens is 6. The van der Waals surface area contributed by atoms with Crippen molar-refractivity contribution in [2.45, 2.75) is 39.5 Å². The van der Waals surface area contributed by atoms with Crippen LogP contribution in [-0.4, -0.2) is 6.18 Å². The number of aryl methyl sites for hydroxylation is 1. The van der Waals surface area contributed by atoms with E-state index in [0.29, 0.717) is 5.56 Å². The molecule has 0 heterocycles. The molecule has 0 amide bonds. The monoisotopic (exact) mass is 334 g/mol. The second-order valence-electron chi connectivity index (χ2n) is 6.44. The maximum Gasteiger partial charge on any atom is 0.417 e. The van der Waals surface area contributed by atoms with Crippen molar-refractivity contribution in [2.75, 3.05) is 0 Å². The highest BCUT2D eigenvalue weighted by atomic mass is 19.4. The van der Waals surface area contributed by atoms with Crippen molar-refractivity contribution >= 4 is 5.57 Å². The van der Waals surface area contributed by atoms with Gasteiger partial charge in [-0.3, -0.25) is 0 Å². The van der Waals surface area contributed by atoms with Gasteiger partial charge in [0, 0.05) is 5.57 Å². The fraction of sp³-hybridized carbons (Fsp3) is 0.412. The average molecular weight is 334 g/mol. The highest BCUT2D eigenvalue weighted by Crippen LogP contribution is 2.46. The Labute approximate surface area is 130 Å². The van der Waals surface area contributed by atoms with Gasteiger partial charge in [-0.05, 0) is 36.0 Å². The van der Waals surface area contributed by atoms with Gasteiger partial charge in [-0.1, -0.05) is 43.7 Å². The molecule has 1 aliphatic rings. The highest BCUT2D eigenvalue weighted by Gasteiger charge is 2.42. The smallest absolute Gasteiger partial charge is 0.166 e. The van der Waals surface area contributed by atoms with Gasteiger partial charge in [0.15, 0.2) is 0 Å². The first kappa shape index (κ1) is 17.6. The number of hydrogen-bond donors (Lipinski definition) is 0. The van der Waals surface area contributed by atoms with Gasteiger partial charge in [-0.2, -0.15) is 26.3 Å². The number of allylic oxidation sites excluding steroid dienone is 4. The molecule has 0 unspecified atom stereocenters. The fourth-order valence-corrected chi connectivity index (χ4v) is 2.65. The lowest BCUT2D eigenvalue weighted by Gasteiger charge is -2.30. The summed E-state index contributed by atoms with van der Waals surface area (Å²) in [6.45, 7) is 4.70. The van der Waals surface area contributed by atoms with Gasteiger partial charge in [-0.15, -0.1) is 0 Å². The summed E-state index contributed by atoms with van der Waals surface area (Å²) in [4.78, 5) is 0. The third-order valence-electron chi connectivity index (χ3n) is 3.77. The van der Waals surface area contributed by atoms with E-state index in [2.05, 4.69) is 0 Å². The Morgan fingerprint density at radius 3 is 2.09 bits per heavy atom. The molecule has 0 radical (unpaired) electrons. The summed E-state index contributed by atoms with van der Waals surface area (Å²) >= 11 is 0. The van der Waals surface area contributed by atoms with Crippen LogP contribution in [-0.2, 0) is 6.18 Å². The minimum Gasteiger partial charge on any atom is -0.166 e. The third-order valence-corrected chi connectivity index (χ3v) is 3.77. The topological polar surface area (TPSA) is 0 Å². The largest absolute Gasteiger partial charge is 0.417 e. The number of rotatable bonds is 1. The lowest BCUT2D eigenvalue weighted by molar-refractivity contribution is -0.137. The molecule has 0 aromatic heterocycles. The van der Waals surface area contributed by atoms with Gasteiger partial charge in [-0.25, -0.2) is 0 Å². The minimum absolute atomic E-state index is 0.343. The van der Waals surface area contributed by atoms with Crippen LogP contribution in [0.2, 0.25) is 0 Å². The average Bonchev–Trinajstić information content (AvgIpc) is 2.36. The zero-order valence-electron chi connectivity index (χ0n) is 12.9. The second kappa shape index (κ2) is 5.42. The van der Waals surface area contributed by atoms with Gasteiger partial charge in [0.05, 0.1) is 5.56 Å². The quantitative estimate of drug-likeness (QED) is 0.528. The van der Waals surface area contributed by atoms with Gasteiger partial charge < -0.3 is 0 Å². The van der Waals surface area contributed by atoms with Gasteiger partial charge in [0.2, 0.25) is 0 Å². The van der Waals surface area contributed by atoms with E-state index in [1.165, 1.54) is 19.1 Å². The van der Waals surface area contributed by atoms with E-state index in [-0.39, 0.29) is 6.42 Å². The molecule has 0 bridgehead atoms. The number of hydrogen-bond acceptors (Lipinski definition) is 0. The molecule has 23 heavy (non-hydrogen) atoms. The summed E-state index contributed by atoms with van der Waals surface area (Å²) in [6.07, 6.45) is -7.06. The Hall–Kier alpha value is -1.72. The molecule has 0 saturated heterocycles. The predicted molar refractivity (Wildman–Crippen MR) is 76.7 cm³/mol. The maximum atomic E-state index is 13.4. The summed E-state index contributed by atoms with van der Waals surface area (Å²) in [6, 6.07) is 3.38. The van der Waals surface area contributed by atoms with Crippen molar-refractivity contribution in [2.24, 2.45) is 5.41 Å². The molecule has 6 heteroatoms. The van der Waals surface area contributed by atoms with Crippen molar-refractivity contribution in [3.05, 3.63) is 52.6 Å². The normalized spacial score (nSPS) is 18.5. The first-order valence-electron chi connectivity index (χ1n) is 6.99. The first-order valence-corrected chi connectivity index (χ1v) is 6.99. The van der Waals surface area contributed by atoms with E-state index >= 15 is 0 Å². The summed E-state index contributed by atoms with van der Waals surface area (Å²) in [7, 11) is 0. The summed E-state index contributed by atoms with van der Waals surface area (Å²) in [5.74, 6) is 0. The van der Waals surface area contributed by atoms with Crippen LogP contribution >= 0.6 is 0 Å². The van der Waals surface area contributed by atoms with Crippen LogP contribution in [0.25, 0.3) is 5.57 Å². The van der Waals surface area contributed by atoms with Crippen LogP contribution < -0.4 is 0 Å². The van der Waals surface area contributed by atoms with Crippen LogP contribution in [0.4, 0.5) is 26.3 Å². The Morgan fingerprint density at radius 1 is 0.957 bits per heavy atom. The molecule has 0 aliphatic heterocycles. The molecule has 2 rings (SSSR count). The first-order chi connectivity index (χ1) is 10.3. The molecular formula is C17H16F6. The zero-order chi connectivity index (χ0) is 17.6. The van der Waals surface area contributed by atoms with E-state index < -0.39 is 40.0 Å². The third kappa shape index (κ3) is 3.79. The lowest BCUT2D eigenvalue weighted by Crippen LogP contribution is -2.23. The molecule has 0 spiro atoms. The van der Waals surface area contributed by atoms with E-state index in [0.717, 1.165) is 18.2 Å². The number of alkyl halides is 6. The molecule has 1 aliphatic carbocycles. The SMILES string of the molecule is Cc1ccc(C2=C(C(F)(F)F)CC(C)(C)C=C2)c(C(F)(F)F)c1. The standard InChI is InChI=1S/C17H16F6/c1-10-4-5-11(13(8-10)16(18,19)20)12-6-7-15(2,3)9-14(12)17(21,22)23/h4-8H,9H2,1-3H3. The maximum absolute atomic E-state index is 13.4. The van der Waals surface area contributed by atoms with Gasteiger partial charge >= 0.3 is 12.4 Å². The molecule has 0 fully saturated rings. The second-order valence-corrected chi connectivity index (χ2v) is 6.44. The van der Waals surface area contributed by atoms with Crippen LogP contribution in [0.5, 0.6) is 0 Å². The van der Waals surface area contributed by atoms with E-state index in [1.807, 2.05) is 0 Å². The van der Waals surface area contributed by atoms with E-state index in [4.69, 9.17) is 0 Å². The van der Waals surface area contributed by atoms with Crippen molar-refractivity contribution in [1.29, 1.82) is 0 Å². The minimum atomic E-state index is -4.72. The highest BCUT2D eigenvalue weighted by molar-refractivity contribution is 5.81. The van der Waals surface area contributed by atoms with E-state index in [9.17, 15) is 26.3 Å². The summed E-state index contributed by atoms with van der Waals surface area (Å²) < 4.78 is 79.8. The fourth-order valence-electron chi connectivity index (χ4n) is 2.65. The lowest BCUT2D eigenvalue weighted by atomic mass is 9.77. The molecule has 0 saturated carbocycles. The summed E-state index contributed by atoms with van der Waals surface area (Å²) in [5.41, 5.74) is -3.20.